The van der Waals surface area contributed by atoms with Gasteiger partial charge in [0.05, 0.1) is 23.6 Å². The van der Waals surface area contributed by atoms with Crippen molar-refractivity contribution in [2.45, 2.75) is 26.4 Å². The highest BCUT2D eigenvalue weighted by Crippen LogP contribution is 2.56. The van der Waals surface area contributed by atoms with Crippen molar-refractivity contribution in [1.82, 2.24) is 10.5 Å². The Morgan fingerprint density at radius 1 is 1.09 bits per heavy atom. The number of ether oxygens (including phenoxy) is 2. The average Bonchev–Trinajstić information content (AvgIpc) is 3.59. The highest BCUT2D eigenvalue weighted by Gasteiger charge is 2.64. The molecule has 1 aliphatic rings. The van der Waals surface area contributed by atoms with Crippen molar-refractivity contribution in [3.63, 3.8) is 0 Å². The van der Waals surface area contributed by atoms with Gasteiger partial charge < -0.3 is 9.47 Å². The highest BCUT2D eigenvalue weighted by atomic mass is 16.5. The van der Waals surface area contributed by atoms with Crippen LogP contribution in [0, 0.1) is 11.3 Å². The monoisotopic (exact) mass is 446 g/mol. The van der Waals surface area contributed by atoms with Gasteiger partial charge in [0.15, 0.2) is 0 Å². The summed E-state index contributed by atoms with van der Waals surface area (Å²) >= 11 is 0. The Kier molecular flexibility index (Phi) is 6.70. The number of nitrogens with one attached hydrogen (secondary N) is 1. The summed E-state index contributed by atoms with van der Waals surface area (Å²) in [4.78, 5) is 28.8. The lowest BCUT2D eigenvalue weighted by molar-refractivity contribution is -0.152. The van der Waals surface area contributed by atoms with Crippen LogP contribution in [0.25, 0.3) is 11.3 Å². The number of hydroxylamine groups is 1. The highest BCUT2D eigenvalue weighted by molar-refractivity contribution is 5.93. The summed E-state index contributed by atoms with van der Waals surface area (Å²) in [6, 6.07) is 21.3. The van der Waals surface area contributed by atoms with Gasteiger partial charge in [0.1, 0.15) is 12.4 Å². The smallest absolute Gasteiger partial charge is 0.313 e. The van der Waals surface area contributed by atoms with Crippen LogP contribution in [0.4, 0.5) is 0 Å². The molecule has 0 radical (unpaired) electrons. The second-order valence-electron chi connectivity index (χ2n) is 8.13. The first-order valence-electron chi connectivity index (χ1n) is 10.9. The molecule has 7 nitrogen and oxygen atoms in total. The van der Waals surface area contributed by atoms with Gasteiger partial charge in [-0.25, -0.2) is 5.48 Å². The molecule has 1 heterocycles. The van der Waals surface area contributed by atoms with Gasteiger partial charge >= 0.3 is 5.97 Å². The van der Waals surface area contributed by atoms with Crippen molar-refractivity contribution in [1.29, 1.82) is 0 Å². The molecule has 1 amide bonds. The lowest BCUT2D eigenvalue weighted by Crippen LogP contribution is -2.30. The molecule has 0 unspecified atom stereocenters. The van der Waals surface area contributed by atoms with E-state index in [4.69, 9.17) is 14.7 Å². The Bertz CT molecular complexity index is 1120. The Labute approximate surface area is 192 Å². The molecule has 2 atom stereocenters. The van der Waals surface area contributed by atoms with Crippen LogP contribution < -0.4 is 10.2 Å². The number of amides is 1. The first-order chi connectivity index (χ1) is 16.1. The molecule has 1 fully saturated rings. The van der Waals surface area contributed by atoms with Gasteiger partial charge in [0.25, 0.3) is 0 Å². The van der Waals surface area contributed by atoms with E-state index in [0.717, 1.165) is 22.4 Å². The summed E-state index contributed by atoms with van der Waals surface area (Å²) in [5, 5.41) is 8.95. The average molecular weight is 447 g/mol. The fourth-order valence-corrected chi connectivity index (χ4v) is 4.06. The zero-order valence-corrected chi connectivity index (χ0v) is 18.4. The Balaban J connectivity index is 1.40. The van der Waals surface area contributed by atoms with Gasteiger partial charge in [0, 0.05) is 11.8 Å². The molecule has 1 saturated carbocycles. The molecule has 170 valence electrons. The molecule has 7 heteroatoms. The van der Waals surface area contributed by atoms with Crippen LogP contribution in [-0.2, 0) is 27.4 Å². The van der Waals surface area contributed by atoms with Crippen molar-refractivity contribution in [3.05, 3.63) is 84.1 Å². The lowest BCUT2D eigenvalue weighted by Gasteiger charge is -2.16. The van der Waals surface area contributed by atoms with Crippen LogP contribution >= 0.6 is 0 Å². The van der Waals surface area contributed by atoms with Crippen LogP contribution in [0.1, 0.15) is 24.5 Å². The van der Waals surface area contributed by atoms with E-state index in [1.165, 1.54) is 0 Å². The fourth-order valence-electron chi connectivity index (χ4n) is 4.06. The first kappa shape index (κ1) is 22.5. The van der Waals surface area contributed by atoms with E-state index in [0.29, 0.717) is 25.2 Å². The topological polar surface area (TPSA) is 97.8 Å². The Hall–Kier alpha value is -3.71. The van der Waals surface area contributed by atoms with E-state index in [2.05, 4.69) is 4.98 Å². The van der Waals surface area contributed by atoms with Gasteiger partial charge in [-0.2, -0.15) is 0 Å². The maximum Gasteiger partial charge on any atom is 0.313 e. The Morgan fingerprint density at radius 3 is 2.55 bits per heavy atom. The lowest BCUT2D eigenvalue weighted by atomic mass is 9.93. The first-order valence-corrected chi connectivity index (χ1v) is 10.9. The molecular weight excluding hydrogens is 420 g/mol. The van der Waals surface area contributed by atoms with E-state index in [1.54, 1.807) is 18.6 Å². The van der Waals surface area contributed by atoms with Gasteiger partial charge in [-0.15, -0.1) is 0 Å². The van der Waals surface area contributed by atoms with Crippen molar-refractivity contribution in [2.24, 2.45) is 11.3 Å². The number of rotatable bonds is 9. The van der Waals surface area contributed by atoms with Crippen LogP contribution in [-0.4, -0.2) is 28.7 Å². The van der Waals surface area contributed by atoms with E-state index < -0.39 is 23.2 Å². The largest absolute Gasteiger partial charge is 0.489 e. The molecule has 33 heavy (non-hydrogen) atoms. The molecule has 2 N–H and O–H groups in total. The van der Waals surface area contributed by atoms with Crippen LogP contribution in [0.3, 0.4) is 0 Å². The summed E-state index contributed by atoms with van der Waals surface area (Å²) in [6.45, 7) is 2.36. The molecule has 4 rings (SSSR count). The normalized spacial score (nSPS) is 18.9. The minimum atomic E-state index is -0.934. The third-order valence-corrected chi connectivity index (χ3v) is 5.93. The number of hydrogen-bond donors (Lipinski definition) is 2. The molecule has 3 aromatic rings. The summed E-state index contributed by atoms with van der Waals surface area (Å²) in [6.07, 6.45) is 2.48. The quantitative estimate of drug-likeness (QED) is 0.294. The van der Waals surface area contributed by atoms with Crippen molar-refractivity contribution >= 4 is 11.9 Å². The van der Waals surface area contributed by atoms with E-state index in [-0.39, 0.29) is 6.61 Å². The maximum absolute atomic E-state index is 12.5. The maximum atomic E-state index is 12.5. The minimum absolute atomic E-state index is 0.238. The summed E-state index contributed by atoms with van der Waals surface area (Å²) in [5.41, 5.74) is 4.55. The van der Waals surface area contributed by atoms with Crippen molar-refractivity contribution in [3.8, 4) is 17.0 Å². The summed E-state index contributed by atoms with van der Waals surface area (Å²) in [7, 11) is 0. The molecule has 2 aromatic carbocycles. The molecule has 1 aromatic heterocycles. The van der Waals surface area contributed by atoms with E-state index >= 15 is 0 Å². The number of aromatic nitrogens is 1. The predicted molar refractivity (Wildman–Crippen MR) is 121 cm³/mol. The van der Waals surface area contributed by atoms with E-state index in [9.17, 15) is 9.59 Å². The number of nitrogens with zero attached hydrogens (tertiary/aromatic N) is 1. The number of benzene rings is 2. The van der Waals surface area contributed by atoms with Gasteiger partial charge in [-0.1, -0.05) is 42.5 Å². The number of esters is 1. The molecule has 0 spiro atoms. The number of pyridine rings is 1. The second kappa shape index (κ2) is 9.83. The number of carbonyl (C=O) groups excluding carboxylic acids is 2. The zero-order valence-electron chi connectivity index (χ0n) is 18.4. The predicted octanol–water partition coefficient (Wildman–Crippen LogP) is 3.94. The summed E-state index contributed by atoms with van der Waals surface area (Å²) < 4.78 is 11.1. The Morgan fingerprint density at radius 2 is 1.85 bits per heavy atom. The summed E-state index contributed by atoms with van der Waals surface area (Å²) in [5.74, 6) is -0.869. The van der Waals surface area contributed by atoms with E-state index in [1.807, 2.05) is 66.7 Å². The molecule has 1 aliphatic carbocycles. The van der Waals surface area contributed by atoms with Crippen molar-refractivity contribution < 1.29 is 24.3 Å². The number of carbonyl (C=O) groups is 2. The standard InChI is InChI=1S/C26H26N2O5/c1-2-32-25(30)26(16-22(26)24(29)28-31)15-18-8-10-21(11-9-18)33-17-19-12-13-27-23(14-19)20-6-4-3-5-7-20/h3-14,22,31H,2,15-17H2,1H3,(H,28,29)/t22-,26+/m1/s1. The third-order valence-electron chi connectivity index (χ3n) is 5.93. The fraction of sp³-hybridized carbons (Fsp3) is 0.269. The minimum Gasteiger partial charge on any atom is -0.489 e. The molecule has 0 aliphatic heterocycles. The molecule has 0 saturated heterocycles. The van der Waals surface area contributed by atoms with Crippen LogP contribution in [0.15, 0.2) is 72.9 Å². The van der Waals surface area contributed by atoms with Crippen molar-refractivity contribution in [2.75, 3.05) is 6.61 Å². The van der Waals surface area contributed by atoms with Crippen LogP contribution in [0.5, 0.6) is 5.75 Å². The SMILES string of the molecule is CCOC(=O)[C@@]1(Cc2ccc(OCc3ccnc(-c4ccccc4)c3)cc2)C[C@@H]1C(=O)NO. The third kappa shape index (κ3) is 5.04. The second-order valence-corrected chi connectivity index (χ2v) is 8.13. The number of hydrogen-bond acceptors (Lipinski definition) is 6. The molecule has 0 bridgehead atoms. The zero-order chi connectivity index (χ0) is 23.3. The van der Waals surface area contributed by atoms with Crippen LogP contribution in [0.2, 0.25) is 0 Å². The molecular formula is C26H26N2O5. The van der Waals surface area contributed by atoms with Gasteiger partial charge in [-0.3, -0.25) is 19.8 Å². The van der Waals surface area contributed by atoms with Gasteiger partial charge in [0.2, 0.25) is 5.91 Å². The van der Waals surface area contributed by atoms with Gasteiger partial charge in [-0.05, 0) is 55.2 Å².